The fraction of sp³-hybridized carbons (Fsp3) is 0.650. The maximum absolute atomic E-state index is 12.0. The molecule has 0 bridgehead atoms. The Kier molecular flexibility index (Phi) is 10.6. The molecule has 2 heterocycles. The zero-order valence-corrected chi connectivity index (χ0v) is 19.9. The van der Waals surface area contributed by atoms with E-state index in [1.54, 1.807) is 0 Å². The van der Waals surface area contributed by atoms with E-state index >= 15 is 0 Å². The summed E-state index contributed by atoms with van der Waals surface area (Å²) in [7, 11) is 0. The smallest absolute Gasteiger partial charge is 0.239 e. The van der Waals surface area contributed by atoms with Crippen molar-refractivity contribution in [2.75, 3.05) is 31.1 Å². The number of nitrogens with one attached hydrogen (secondary N) is 3. The molecule has 3 N–H and O–H groups in total. The van der Waals surface area contributed by atoms with E-state index in [1.807, 2.05) is 40.0 Å². The van der Waals surface area contributed by atoms with Gasteiger partial charge in [0.2, 0.25) is 5.91 Å². The number of rotatable bonds is 6. The number of anilines is 1. The fourth-order valence-electron chi connectivity index (χ4n) is 2.99. The minimum Gasteiger partial charge on any atom is -0.357 e. The van der Waals surface area contributed by atoms with Crippen molar-refractivity contribution >= 4 is 41.7 Å². The highest BCUT2D eigenvalue weighted by atomic mass is 127. The van der Waals surface area contributed by atoms with Crippen molar-refractivity contribution < 1.29 is 4.79 Å². The number of piperidine rings is 1. The number of halogens is 1. The van der Waals surface area contributed by atoms with Gasteiger partial charge >= 0.3 is 0 Å². The van der Waals surface area contributed by atoms with Crippen LogP contribution >= 0.6 is 24.0 Å². The average Bonchev–Trinajstić information content (AvgIpc) is 2.63. The van der Waals surface area contributed by atoms with E-state index < -0.39 is 0 Å². The lowest BCUT2D eigenvalue weighted by molar-refractivity contribution is -0.121. The SMILES string of the molecule is CCNC(=NCc1ccnc(N2CCCCC2)c1)NCC(=O)NC(C)(C)C.I. The molecule has 1 fully saturated rings. The number of pyridine rings is 1. The molecule has 1 aromatic heterocycles. The Balaban J connectivity index is 0.00000392. The summed E-state index contributed by atoms with van der Waals surface area (Å²) >= 11 is 0. The summed E-state index contributed by atoms with van der Waals surface area (Å²) in [4.78, 5) is 23.5. The van der Waals surface area contributed by atoms with Gasteiger partial charge in [-0.2, -0.15) is 0 Å². The van der Waals surface area contributed by atoms with Crippen molar-refractivity contribution in [3.63, 3.8) is 0 Å². The molecule has 1 saturated heterocycles. The minimum atomic E-state index is -0.240. The summed E-state index contributed by atoms with van der Waals surface area (Å²) in [5, 5.41) is 9.21. The van der Waals surface area contributed by atoms with Gasteiger partial charge in [0.15, 0.2) is 5.96 Å². The third-order valence-electron chi connectivity index (χ3n) is 4.18. The number of amides is 1. The Morgan fingerprint density at radius 1 is 1.21 bits per heavy atom. The van der Waals surface area contributed by atoms with Crippen molar-refractivity contribution in [3.05, 3.63) is 23.9 Å². The van der Waals surface area contributed by atoms with Crippen molar-refractivity contribution in [1.82, 2.24) is 20.9 Å². The molecule has 0 radical (unpaired) electrons. The highest BCUT2D eigenvalue weighted by molar-refractivity contribution is 14.0. The molecule has 0 atom stereocenters. The molecule has 0 saturated carbocycles. The summed E-state index contributed by atoms with van der Waals surface area (Å²) in [5.74, 6) is 1.62. The monoisotopic (exact) mass is 502 g/mol. The van der Waals surface area contributed by atoms with Gasteiger partial charge in [-0.3, -0.25) is 4.79 Å². The zero-order chi connectivity index (χ0) is 19.7. The van der Waals surface area contributed by atoms with Gasteiger partial charge in [0, 0.05) is 31.4 Å². The Bertz CT molecular complexity index is 638. The maximum atomic E-state index is 12.0. The highest BCUT2D eigenvalue weighted by Gasteiger charge is 2.14. The first kappa shape index (κ1) is 24.5. The van der Waals surface area contributed by atoms with E-state index in [9.17, 15) is 4.79 Å². The summed E-state index contributed by atoms with van der Waals surface area (Å²) in [6, 6.07) is 4.11. The second-order valence-corrected chi connectivity index (χ2v) is 7.92. The van der Waals surface area contributed by atoms with E-state index in [1.165, 1.54) is 19.3 Å². The molecule has 28 heavy (non-hydrogen) atoms. The van der Waals surface area contributed by atoms with Crippen LogP contribution in [0.3, 0.4) is 0 Å². The van der Waals surface area contributed by atoms with E-state index in [0.717, 1.165) is 31.0 Å². The van der Waals surface area contributed by atoms with Gasteiger partial charge in [-0.1, -0.05) is 0 Å². The van der Waals surface area contributed by atoms with Crippen molar-refractivity contribution in [2.45, 2.75) is 59.0 Å². The van der Waals surface area contributed by atoms with Crippen LogP contribution in [-0.4, -0.2) is 48.6 Å². The van der Waals surface area contributed by atoms with Gasteiger partial charge in [0.25, 0.3) is 0 Å². The van der Waals surface area contributed by atoms with E-state index in [-0.39, 0.29) is 42.0 Å². The molecule has 7 nitrogen and oxygen atoms in total. The van der Waals surface area contributed by atoms with Crippen LogP contribution in [0.1, 0.15) is 52.5 Å². The van der Waals surface area contributed by atoms with Gasteiger partial charge in [-0.05, 0) is 64.7 Å². The number of guanidine groups is 1. The van der Waals surface area contributed by atoms with Crippen LogP contribution in [0.2, 0.25) is 0 Å². The van der Waals surface area contributed by atoms with Gasteiger partial charge in [-0.15, -0.1) is 24.0 Å². The quantitative estimate of drug-likeness (QED) is 0.317. The first-order valence-electron chi connectivity index (χ1n) is 9.90. The lowest BCUT2D eigenvalue weighted by Gasteiger charge is -2.27. The molecule has 0 spiro atoms. The van der Waals surface area contributed by atoms with Crippen LogP contribution in [-0.2, 0) is 11.3 Å². The van der Waals surface area contributed by atoms with Crippen LogP contribution in [0, 0.1) is 0 Å². The minimum absolute atomic E-state index is 0. The first-order chi connectivity index (χ1) is 12.9. The van der Waals surface area contributed by atoms with Gasteiger partial charge < -0.3 is 20.9 Å². The topological polar surface area (TPSA) is 81.7 Å². The van der Waals surface area contributed by atoms with Crippen molar-refractivity contribution in [3.8, 4) is 0 Å². The maximum Gasteiger partial charge on any atom is 0.239 e. The molecule has 1 amide bonds. The molecule has 2 rings (SSSR count). The molecule has 158 valence electrons. The first-order valence-corrected chi connectivity index (χ1v) is 9.90. The predicted molar refractivity (Wildman–Crippen MR) is 126 cm³/mol. The van der Waals surface area contributed by atoms with Gasteiger partial charge in [-0.25, -0.2) is 9.98 Å². The largest absolute Gasteiger partial charge is 0.357 e. The zero-order valence-electron chi connectivity index (χ0n) is 17.5. The van der Waals surface area contributed by atoms with Crippen LogP contribution in [0.5, 0.6) is 0 Å². The average molecular weight is 502 g/mol. The summed E-state index contributed by atoms with van der Waals surface area (Å²) < 4.78 is 0. The molecule has 1 aliphatic rings. The van der Waals surface area contributed by atoms with E-state index in [4.69, 9.17) is 0 Å². The Morgan fingerprint density at radius 3 is 2.57 bits per heavy atom. The summed E-state index contributed by atoms with van der Waals surface area (Å²) in [5.41, 5.74) is 0.873. The normalized spacial score (nSPS) is 14.9. The molecule has 0 aliphatic carbocycles. The third-order valence-corrected chi connectivity index (χ3v) is 4.18. The highest BCUT2D eigenvalue weighted by Crippen LogP contribution is 2.18. The second-order valence-electron chi connectivity index (χ2n) is 7.92. The molecule has 1 aromatic rings. The summed E-state index contributed by atoms with van der Waals surface area (Å²) in [6.45, 7) is 11.5. The number of hydrogen-bond acceptors (Lipinski definition) is 4. The number of aliphatic imine (C=N–C) groups is 1. The van der Waals surface area contributed by atoms with Crippen molar-refractivity contribution in [2.24, 2.45) is 4.99 Å². The molecule has 0 aromatic carbocycles. The fourth-order valence-corrected chi connectivity index (χ4v) is 2.99. The van der Waals surface area contributed by atoms with Gasteiger partial charge in [0.1, 0.15) is 5.82 Å². The Labute approximate surface area is 186 Å². The number of carbonyl (C=O) groups is 1. The van der Waals surface area contributed by atoms with Crippen LogP contribution in [0.25, 0.3) is 0 Å². The third kappa shape index (κ3) is 9.07. The van der Waals surface area contributed by atoms with Crippen LogP contribution < -0.4 is 20.9 Å². The molecular weight excluding hydrogens is 467 g/mol. The van der Waals surface area contributed by atoms with Gasteiger partial charge in [0.05, 0.1) is 13.1 Å². The Morgan fingerprint density at radius 2 is 1.93 bits per heavy atom. The lowest BCUT2D eigenvalue weighted by Crippen LogP contribution is -2.48. The number of hydrogen-bond donors (Lipinski definition) is 3. The van der Waals surface area contributed by atoms with E-state index in [0.29, 0.717) is 12.5 Å². The lowest BCUT2D eigenvalue weighted by atomic mass is 10.1. The number of aromatic nitrogens is 1. The standard InChI is InChI=1S/C20H34N6O.HI/c1-5-21-19(24-15-18(27)25-20(2,3)4)23-14-16-9-10-22-17(13-16)26-11-7-6-8-12-26;/h9-10,13H,5-8,11-12,14-15H2,1-4H3,(H,25,27)(H2,21,23,24);1H. The number of carbonyl (C=O) groups excluding carboxylic acids is 1. The molecular formula is C20H35IN6O. The Hall–Kier alpha value is -1.58. The summed E-state index contributed by atoms with van der Waals surface area (Å²) in [6.07, 6.45) is 5.62. The van der Waals surface area contributed by atoms with Crippen molar-refractivity contribution in [1.29, 1.82) is 0 Å². The predicted octanol–water partition coefficient (Wildman–Crippen LogP) is 2.66. The van der Waals surface area contributed by atoms with Crippen LogP contribution in [0.4, 0.5) is 5.82 Å². The van der Waals surface area contributed by atoms with E-state index in [2.05, 4.69) is 36.9 Å². The number of nitrogens with zero attached hydrogens (tertiary/aromatic N) is 3. The molecule has 1 aliphatic heterocycles. The van der Waals surface area contributed by atoms with Crippen LogP contribution in [0.15, 0.2) is 23.3 Å². The molecule has 0 unspecified atom stereocenters. The molecule has 8 heteroatoms. The second kappa shape index (κ2) is 12.1.